The number of anilines is 4. The van der Waals surface area contributed by atoms with Gasteiger partial charge in [0.25, 0.3) is 5.91 Å². The van der Waals surface area contributed by atoms with Crippen LogP contribution in [0, 0.1) is 12.7 Å². The molecule has 10 heteroatoms. The highest BCUT2D eigenvalue weighted by Gasteiger charge is 2.32. The Morgan fingerprint density at radius 3 is 2.81 bits per heavy atom. The Kier molecular flexibility index (Phi) is 8.25. The summed E-state index contributed by atoms with van der Waals surface area (Å²) in [6.07, 6.45) is 8.09. The maximum absolute atomic E-state index is 15.7. The van der Waals surface area contributed by atoms with E-state index in [-0.39, 0.29) is 24.3 Å². The van der Waals surface area contributed by atoms with Crippen molar-refractivity contribution in [3.8, 4) is 0 Å². The quantitative estimate of drug-likeness (QED) is 0.287. The number of benzene rings is 2. The number of carbonyl (C=O) groups excluding carboxylic acids is 1. The standard InChI is InChI=1S/C32H36FN7O2/c1-21-6-4-7-22-12-15-35-30(29(21)22)40(24-9-5-14-34-19-24)31(42)26-11-10-23(18-27(26)33)37-32-36-16-13-28(38-32)39-17-3-2-8-25(39)20-41/h4,6-7,10-13,15-16,18,24-25,34,41H,2-3,5,8-9,14,17,19-20H2,1H3,(H,36,37,38)/t24-,25+/m1/s1. The van der Waals surface area contributed by atoms with Crippen molar-refractivity contribution in [3.05, 3.63) is 77.9 Å². The third kappa shape index (κ3) is 5.64. The molecule has 2 fully saturated rings. The number of aliphatic hydroxyl groups excluding tert-OH is 1. The summed E-state index contributed by atoms with van der Waals surface area (Å²) in [5.74, 6) is 0.527. The second kappa shape index (κ2) is 12.4. The molecule has 2 aromatic heterocycles. The van der Waals surface area contributed by atoms with Crippen LogP contribution in [0.2, 0.25) is 0 Å². The molecule has 0 bridgehead atoms. The number of aromatic nitrogens is 3. The summed E-state index contributed by atoms with van der Waals surface area (Å²) in [5, 5.41) is 18.2. The maximum Gasteiger partial charge on any atom is 0.262 e. The van der Waals surface area contributed by atoms with Crippen LogP contribution in [0.1, 0.15) is 48.0 Å². The van der Waals surface area contributed by atoms with Gasteiger partial charge in [-0.25, -0.2) is 14.4 Å². The number of piperidine rings is 2. The molecule has 9 nitrogen and oxygen atoms in total. The first-order valence-corrected chi connectivity index (χ1v) is 14.7. The van der Waals surface area contributed by atoms with Crippen LogP contribution in [0.15, 0.2) is 60.9 Å². The molecule has 218 valence electrons. The monoisotopic (exact) mass is 569 g/mol. The van der Waals surface area contributed by atoms with E-state index in [0.717, 1.165) is 61.5 Å². The van der Waals surface area contributed by atoms with Gasteiger partial charge in [-0.1, -0.05) is 18.2 Å². The van der Waals surface area contributed by atoms with Gasteiger partial charge >= 0.3 is 0 Å². The highest BCUT2D eigenvalue weighted by molar-refractivity contribution is 6.11. The molecular formula is C32H36FN7O2. The fraction of sp³-hybridized carbons (Fsp3) is 0.375. The van der Waals surface area contributed by atoms with Crippen LogP contribution in [-0.2, 0) is 0 Å². The normalized spacial score (nSPS) is 19.1. The molecule has 1 amide bonds. The van der Waals surface area contributed by atoms with E-state index in [0.29, 0.717) is 29.8 Å². The van der Waals surface area contributed by atoms with Crippen molar-refractivity contribution < 1.29 is 14.3 Å². The topological polar surface area (TPSA) is 107 Å². The molecule has 0 aliphatic carbocycles. The average molecular weight is 570 g/mol. The van der Waals surface area contributed by atoms with E-state index in [1.54, 1.807) is 23.4 Å². The number of fused-ring (bicyclic) bond motifs is 1. The number of hydrogen-bond donors (Lipinski definition) is 3. The van der Waals surface area contributed by atoms with Crippen LogP contribution >= 0.6 is 0 Å². The van der Waals surface area contributed by atoms with Crippen molar-refractivity contribution in [2.45, 2.75) is 51.1 Å². The Morgan fingerprint density at radius 2 is 2.00 bits per heavy atom. The van der Waals surface area contributed by atoms with E-state index in [4.69, 9.17) is 0 Å². The van der Waals surface area contributed by atoms with E-state index >= 15 is 4.39 Å². The average Bonchev–Trinajstić information content (AvgIpc) is 3.02. The zero-order valence-corrected chi connectivity index (χ0v) is 23.8. The van der Waals surface area contributed by atoms with Crippen molar-refractivity contribution in [1.82, 2.24) is 20.3 Å². The highest BCUT2D eigenvalue weighted by Crippen LogP contribution is 2.32. The summed E-state index contributed by atoms with van der Waals surface area (Å²) >= 11 is 0. The molecule has 42 heavy (non-hydrogen) atoms. The molecule has 0 saturated carbocycles. The van der Waals surface area contributed by atoms with Gasteiger partial charge in [0.15, 0.2) is 0 Å². The number of hydrogen-bond acceptors (Lipinski definition) is 8. The fourth-order valence-electron chi connectivity index (χ4n) is 6.15. The molecular weight excluding hydrogens is 533 g/mol. The van der Waals surface area contributed by atoms with Gasteiger partial charge in [0.2, 0.25) is 5.95 Å². The number of aryl methyl sites for hydroxylation is 1. The van der Waals surface area contributed by atoms with Gasteiger partial charge in [-0.3, -0.25) is 9.69 Å². The van der Waals surface area contributed by atoms with Crippen molar-refractivity contribution >= 4 is 40.0 Å². The molecule has 3 N–H and O–H groups in total. The zero-order valence-electron chi connectivity index (χ0n) is 23.8. The molecule has 4 heterocycles. The van der Waals surface area contributed by atoms with E-state index in [9.17, 15) is 9.90 Å². The zero-order chi connectivity index (χ0) is 29.1. The minimum Gasteiger partial charge on any atom is -0.394 e. The molecule has 6 rings (SSSR count). The molecule has 0 radical (unpaired) electrons. The molecule has 2 saturated heterocycles. The molecule has 2 aromatic carbocycles. The Hall–Kier alpha value is -4.15. The number of pyridine rings is 1. The lowest BCUT2D eigenvalue weighted by Crippen LogP contribution is -2.49. The number of nitrogens with zero attached hydrogens (tertiary/aromatic N) is 5. The highest BCUT2D eigenvalue weighted by atomic mass is 19.1. The largest absolute Gasteiger partial charge is 0.394 e. The Bertz CT molecular complexity index is 1570. The predicted octanol–water partition coefficient (Wildman–Crippen LogP) is 4.97. The van der Waals surface area contributed by atoms with Gasteiger partial charge in [0.05, 0.1) is 24.3 Å². The Morgan fingerprint density at radius 1 is 1.12 bits per heavy atom. The lowest BCUT2D eigenvalue weighted by atomic mass is 10.0. The van der Waals surface area contributed by atoms with Gasteiger partial charge in [-0.15, -0.1) is 0 Å². The van der Waals surface area contributed by atoms with Crippen molar-refractivity contribution in [2.24, 2.45) is 0 Å². The minimum absolute atomic E-state index is 0.0200. The Balaban J connectivity index is 1.29. The first-order valence-electron chi connectivity index (χ1n) is 14.7. The number of nitrogens with one attached hydrogen (secondary N) is 2. The van der Waals surface area contributed by atoms with E-state index in [2.05, 4.69) is 30.5 Å². The van der Waals surface area contributed by atoms with E-state index in [1.807, 2.05) is 37.3 Å². The summed E-state index contributed by atoms with van der Waals surface area (Å²) in [6, 6.07) is 14.1. The first-order chi connectivity index (χ1) is 20.5. The summed E-state index contributed by atoms with van der Waals surface area (Å²) < 4.78 is 15.7. The van der Waals surface area contributed by atoms with Crippen LogP contribution in [-0.4, -0.2) is 64.3 Å². The lowest BCUT2D eigenvalue weighted by Gasteiger charge is -2.35. The van der Waals surface area contributed by atoms with Crippen LogP contribution in [0.5, 0.6) is 0 Å². The number of amides is 1. The minimum atomic E-state index is -0.636. The third-order valence-electron chi connectivity index (χ3n) is 8.29. The van der Waals surface area contributed by atoms with Crippen molar-refractivity contribution in [1.29, 1.82) is 0 Å². The van der Waals surface area contributed by atoms with Gasteiger partial charge in [-0.2, -0.15) is 4.98 Å². The summed E-state index contributed by atoms with van der Waals surface area (Å²) in [6.45, 7) is 4.37. The number of carbonyl (C=O) groups is 1. The molecule has 0 spiro atoms. The van der Waals surface area contributed by atoms with Crippen LogP contribution in [0.25, 0.3) is 10.8 Å². The van der Waals surface area contributed by atoms with Crippen LogP contribution in [0.4, 0.5) is 27.7 Å². The summed E-state index contributed by atoms with van der Waals surface area (Å²) in [4.78, 5) is 31.5. The van der Waals surface area contributed by atoms with Gasteiger partial charge < -0.3 is 20.6 Å². The van der Waals surface area contributed by atoms with Gasteiger partial charge in [0.1, 0.15) is 17.5 Å². The molecule has 0 unspecified atom stereocenters. The van der Waals surface area contributed by atoms with E-state index in [1.165, 1.54) is 12.1 Å². The smallest absolute Gasteiger partial charge is 0.262 e. The number of rotatable bonds is 7. The predicted molar refractivity (Wildman–Crippen MR) is 163 cm³/mol. The molecule has 2 aliphatic heterocycles. The molecule has 2 aliphatic rings. The summed E-state index contributed by atoms with van der Waals surface area (Å²) in [7, 11) is 0. The fourth-order valence-corrected chi connectivity index (χ4v) is 6.15. The van der Waals surface area contributed by atoms with Crippen molar-refractivity contribution in [2.75, 3.05) is 41.4 Å². The van der Waals surface area contributed by atoms with Gasteiger partial charge in [0, 0.05) is 36.6 Å². The van der Waals surface area contributed by atoms with E-state index < -0.39 is 11.7 Å². The number of aliphatic hydroxyl groups is 1. The van der Waals surface area contributed by atoms with Crippen LogP contribution < -0.4 is 20.4 Å². The SMILES string of the molecule is Cc1cccc2ccnc(N(C(=O)c3ccc(Nc4nccc(N5CCCC[C@H]5CO)n4)cc3F)[C@@H]3CCCNC3)c12. The lowest BCUT2D eigenvalue weighted by molar-refractivity contribution is 0.0968. The second-order valence-corrected chi connectivity index (χ2v) is 11.1. The van der Waals surface area contributed by atoms with Crippen molar-refractivity contribution in [3.63, 3.8) is 0 Å². The molecule has 2 atom stereocenters. The van der Waals surface area contributed by atoms with Crippen LogP contribution in [0.3, 0.4) is 0 Å². The Labute approximate surface area is 244 Å². The third-order valence-corrected chi connectivity index (χ3v) is 8.29. The second-order valence-electron chi connectivity index (χ2n) is 11.1. The number of halogens is 1. The van der Waals surface area contributed by atoms with Gasteiger partial charge in [-0.05, 0) is 86.9 Å². The molecule has 4 aromatic rings. The maximum atomic E-state index is 15.7. The first kappa shape index (κ1) is 28.0. The summed E-state index contributed by atoms with van der Waals surface area (Å²) in [5.41, 5.74) is 1.42.